The first-order valence-corrected chi connectivity index (χ1v) is 11.2. The van der Waals surface area contributed by atoms with Gasteiger partial charge in [-0.3, -0.25) is 14.4 Å². The van der Waals surface area contributed by atoms with Crippen LogP contribution in [0.15, 0.2) is 41.5 Å². The lowest BCUT2D eigenvalue weighted by Gasteiger charge is -2.36. The molecule has 1 N–H and O–H groups in total. The molecule has 2 aromatic rings. The smallest absolute Gasteiger partial charge is 0.259 e. The Morgan fingerprint density at radius 3 is 2.16 bits per heavy atom. The molecular formula is C24H31ClN4O3. The summed E-state index contributed by atoms with van der Waals surface area (Å²) < 4.78 is 1.74. The lowest BCUT2D eigenvalue weighted by atomic mass is 10.1. The first-order chi connectivity index (χ1) is 15.0. The molecule has 172 valence electrons. The minimum Gasteiger partial charge on any atom is -0.367 e. The van der Waals surface area contributed by atoms with Crippen LogP contribution in [0, 0.1) is 0 Å². The Morgan fingerprint density at radius 2 is 1.59 bits per heavy atom. The number of halogens is 1. The molecule has 0 aliphatic carbocycles. The fourth-order valence-corrected chi connectivity index (χ4v) is 3.90. The zero-order valence-electron chi connectivity index (χ0n) is 19.3. The Bertz CT molecular complexity index is 1060. The van der Waals surface area contributed by atoms with E-state index >= 15 is 0 Å². The van der Waals surface area contributed by atoms with Gasteiger partial charge < -0.3 is 19.7 Å². The van der Waals surface area contributed by atoms with E-state index in [-0.39, 0.29) is 23.1 Å². The molecule has 0 spiro atoms. The van der Waals surface area contributed by atoms with Gasteiger partial charge in [-0.05, 0) is 46.8 Å². The first kappa shape index (κ1) is 23.9. The molecule has 8 heteroatoms. The molecule has 2 amide bonds. The second kappa shape index (κ2) is 9.36. The van der Waals surface area contributed by atoms with Gasteiger partial charge in [0.05, 0.1) is 10.7 Å². The summed E-state index contributed by atoms with van der Waals surface area (Å²) >= 11 is 6.31. The van der Waals surface area contributed by atoms with Crippen molar-refractivity contribution < 1.29 is 9.59 Å². The van der Waals surface area contributed by atoms with Crippen LogP contribution in [0.2, 0.25) is 5.02 Å². The van der Waals surface area contributed by atoms with Gasteiger partial charge in [-0.15, -0.1) is 0 Å². The third kappa shape index (κ3) is 5.33. The molecule has 1 saturated heterocycles. The molecule has 32 heavy (non-hydrogen) atoms. The number of amides is 2. The highest BCUT2D eigenvalue weighted by Crippen LogP contribution is 2.26. The molecule has 0 atom stereocenters. The summed E-state index contributed by atoms with van der Waals surface area (Å²) in [5, 5.41) is 3.49. The van der Waals surface area contributed by atoms with Crippen molar-refractivity contribution in [2.75, 3.05) is 31.1 Å². The van der Waals surface area contributed by atoms with E-state index < -0.39 is 16.9 Å². The van der Waals surface area contributed by atoms with Gasteiger partial charge in [0.2, 0.25) is 5.43 Å². The minimum absolute atomic E-state index is 0.0135. The van der Waals surface area contributed by atoms with E-state index in [9.17, 15) is 14.4 Å². The number of benzene rings is 1. The van der Waals surface area contributed by atoms with Crippen LogP contribution < -0.4 is 15.6 Å². The second-order valence-corrected chi connectivity index (χ2v) is 9.80. The number of nitrogens with zero attached hydrogens (tertiary/aromatic N) is 3. The summed E-state index contributed by atoms with van der Waals surface area (Å²) in [6.07, 6.45) is 3.09. The largest absolute Gasteiger partial charge is 0.367 e. The number of piperazine rings is 1. The van der Waals surface area contributed by atoms with Crippen LogP contribution in [0.25, 0.3) is 0 Å². The summed E-state index contributed by atoms with van der Waals surface area (Å²) in [5.41, 5.74) is -0.103. The average molecular weight is 459 g/mol. The SMILES string of the molecule is CC(C)n1cc(C(=O)NC(C)(C)C)c(=O)c(C(=O)N2CCN(c3ccccc3Cl)CC2)c1. The van der Waals surface area contributed by atoms with Crippen molar-refractivity contribution in [1.29, 1.82) is 0 Å². The Kier molecular flexibility index (Phi) is 6.98. The van der Waals surface area contributed by atoms with Gasteiger partial charge in [-0.25, -0.2) is 0 Å². The fourth-order valence-electron chi connectivity index (χ4n) is 3.65. The number of aromatic nitrogens is 1. The number of nitrogens with one attached hydrogen (secondary N) is 1. The summed E-state index contributed by atoms with van der Waals surface area (Å²) in [4.78, 5) is 43.0. The molecule has 1 aliphatic rings. The number of rotatable bonds is 4. The molecule has 7 nitrogen and oxygen atoms in total. The van der Waals surface area contributed by atoms with Crippen LogP contribution in [-0.4, -0.2) is 53.0 Å². The lowest BCUT2D eigenvalue weighted by molar-refractivity contribution is 0.0744. The van der Waals surface area contributed by atoms with Gasteiger partial charge in [0.1, 0.15) is 11.1 Å². The number of pyridine rings is 1. The molecule has 0 radical (unpaired) electrons. The summed E-state index contributed by atoms with van der Waals surface area (Å²) in [5.74, 6) is -0.830. The summed E-state index contributed by atoms with van der Waals surface area (Å²) in [6.45, 7) is 11.6. The van der Waals surface area contributed by atoms with Crippen molar-refractivity contribution in [2.45, 2.75) is 46.2 Å². The molecule has 1 fully saturated rings. The van der Waals surface area contributed by atoms with Crippen LogP contribution in [0.5, 0.6) is 0 Å². The predicted octanol–water partition coefficient (Wildman–Crippen LogP) is 3.57. The predicted molar refractivity (Wildman–Crippen MR) is 128 cm³/mol. The summed E-state index contributed by atoms with van der Waals surface area (Å²) in [7, 11) is 0. The summed E-state index contributed by atoms with van der Waals surface area (Å²) in [6, 6.07) is 7.60. The molecule has 1 aliphatic heterocycles. The number of anilines is 1. The van der Waals surface area contributed by atoms with Crippen LogP contribution in [0.1, 0.15) is 61.4 Å². The van der Waals surface area contributed by atoms with Gasteiger partial charge in [-0.2, -0.15) is 0 Å². The first-order valence-electron chi connectivity index (χ1n) is 10.8. The van der Waals surface area contributed by atoms with Crippen molar-refractivity contribution in [1.82, 2.24) is 14.8 Å². The monoisotopic (exact) mass is 458 g/mol. The molecule has 0 bridgehead atoms. The van der Waals surface area contributed by atoms with E-state index in [1.807, 2.05) is 58.9 Å². The van der Waals surface area contributed by atoms with Gasteiger partial charge >= 0.3 is 0 Å². The Hall–Kier alpha value is -2.80. The van der Waals surface area contributed by atoms with Gasteiger partial charge in [0, 0.05) is 50.2 Å². The standard InChI is InChI=1S/C24H31ClN4O3/c1-16(2)29-14-17(22(31)26-24(3,4)5)21(30)18(15-29)23(32)28-12-10-27(11-13-28)20-9-7-6-8-19(20)25/h6-9,14-16H,10-13H2,1-5H3,(H,26,31). The number of carbonyl (C=O) groups is 2. The highest BCUT2D eigenvalue weighted by Gasteiger charge is 2.28. The number of hydrogen-bond acceptors (Lipinski definition) is 4. The second-order valence-electron chi connectivity index (χ2n) is 9.39. The normalized spacial score (nSPS) is 14.6. The van der Waals surface area contributed by atoms with Crippen molar-refractivity contribution in [2.24, 2.45) is 0 Å². The van der Waals surface area contributed by atoms with E-state index in [0.29, 0.717) is 31.2 Å². The number of carbonyl (C=O) groups excluding carboxylic acids is 2. The zero-order chi connectivity index (χ0) is 23.6. The Balaban J connectivity index is 1.85. The molecular weight excluding hydrogens is 428 g/mol. The topological polar surface area (TPSA) is 74.6 Å². The number of para-hydroxylation sites is 1. The van der Waals surface area contributed by atoms with Gasteiger partial charge in [0.15, 0.2) is 0 Å². The zero-order valence-corrected chi connectivity index (χ0v) is 20.1. The Labute approximate surface area is 194 Å². The third-order valence-electron chi connectivity index (χ3n) is 5.37. The maximum atomic E-state index is 13.3. The fraction of sp³-hybridized carbons (Fsp3) is 0.458. The van der Waals surface area contributed by atoms with Gasteiger partial charge in [0.25, 0.3) is 11.8 Å². The van der Waals surface area contributed by atoms with Crippen LogP contribution in [0.4, 0.5) is 5.69 Å². The maximum absolute atomic E-state index is 13.3. The molecule has 1 aromatic carbocycles. The number of hydrogen-bond donors (Lipinski definition) is 1. The van der Waals surface area contributed by atoms with Crippen molar-refractivity contribution in [3.63, 3.8) is 0 Å². The molecule has 0 saturated carbocycles. The van der Waals surface area contributed by atoms with E-state index in [4.69, 9.17) is 11.6 Å². The van der Waals surface area contributed by atoms with Crippen LogP contribution in [0.3, 0.4) is 0 Å². The Morgan fingerprint density at radius 1 is 1.00 bits per heavy atom. The minimum atomic E-state index is -0.540. The van der Waals surface area contributed by atoms with E-state index in [0.717, 1.165) is 5.69 Å². The molecule has 0 unspecified atom stereocenters. The molecule has 3 rings (SSSR count). The molecule has 1 aromatic heterocycles. The highest BCUT2D eigenvalue weighted by atomic mass is 35.5. The molecule has 2 heterocycles. The average Bonchev–Trinajstić information content (AvgIpc) is 2.72. The lowest BCUT2D eigenvalue weighted by Crippen LogP contribution is -2.50. The van der Waals surface area contributed by atoms with E-state index in [2.05, 4.69) is 10.2 Å². The van der Waals surface area contributed by atoms with E-state index in [1.54, 1.807) is 15.7 Å². The van der Waals surface area contributed by atoms with Crippen LogP contribution in [-0.2, 0) is 0 Å². The van der Waals surface area contributed by atoms with E-state index in [1.165, 1.54) is 6.20 Å². The van der Waals surface area contributed by atoms with Crippen molar-refractivity contribution >= 4 is 29.1 Å². The van der Waals surface area contributed by atoms with Crippen molar-refractivity contribution in [3.8, 4) is 0 Å². The van der Waals surface area contributed by atoms with Crippen LogP contribution >= 0.6 is 11.6 Å². The highest BCUT2D eigenvalue weighted by molar-refractivity contribution is 6.33. The quantitative estimate of drug-likeness (QED) is 0.760. The van der Waals surface area contributed by atoms with Gasteiger partial charge in [-0.1, -0.05) is 23.7 Å². The maximum Gasteiger partial charge on any atom is 0.259 e. The van der Waals surface area contributed by atoms with Crippen molar-refractivity contribution in [3.05, 3.63) is 63.0 Å². The third-order valence-corrected chi connectivity index (χ3v) is 5.69.